The second kappa shape index (κ2) is 10.4. The van der Waals surface area contributed by atoms with Crippen LogP contribution in [0.25, 0.3) is 22.6 Å². The Morgan fingerprint density at radius 2 is 1.74 bits per heavy atom. The van der Waals surface area contributed by atoms with E-state index in [1.807, 2.05) is 19.9 Å². The van der Waals surface area contributed by atoms with E-state index in [0.29, 0.717) is 56.8 Å². The van der Waals surface area contributed by atoms with Crippen molar-refractivity contribution in [3.63, 3.8) is 0 Å². The molecule has 8 heteroatoms. The molecule has 1 atom stereocenters. The number of amides is 1. The van der Waals surface area contributed by atoms with Crippen molar-refractivity contribution >= 4 is 22.7 Å². The van der Waals surface area contributed by atoms with Crippen LogP contribution in [0.3, 0.4) is 0 Å². The van der Waals surface area contributed by atoms with E-state index in [0.717, 1.165) is 6.42 Å². The van der Waals surface area contributed by atoms with Gasteiger partial charge in [-0.25, -0.2) is 4.98 Å². The van der Waals surface area contributed by atoms with E-state index >= 15 is 0 Å². The molecule has 8 nitrogen and oxygen atoms in total. The summed E-state index contributed by atoms with van der Waals surface area (Å²) in [6.07, 6.45) is 0.953. The van der Waals surface area contributed by atoms with Gasteiger partial charge < -0.3 is 28.7 Å². The van der Waals surface area contributed by atoms with Crippen LogP contribution in [-0.2, 0) is 0 Å². The fourth-order valence-electron chi connectivity index (χ4n) is 3.56. The van der Waals surface area contributed by atoms with Gasteiger partial charge in [-0.05, 0) is 61.9 Å². The van der Waals surface area contributed by atoms with Crippen molar-refractivity contribution in [2.75, 3.05) is 26.6 Å². The maximum atomic E-state index is 12.8. The summed E-state index contributed by atoms with van der Waals surface area (Å²) in [5.74, 6) is 2.28. The summed E-state index contributed by atoms with van der Waals surface area (Å²) in [5, 5.41) is 2.91. The summed E-state index contributed by atoms with van der Waals surface area (Å²) < 4.78 is 28.0. The Morgan fingerprint density at radius 1 is 1.00 bits per heavy atom. The minimum Gasteiger partial charge on any atom is -0.493 e. The van der Waals surface area contributed by atoms with E-state index in [1.165, 1.54) is 0 Å². The normalized spacial score (nSPS) is 11.7. The fraction of sp³-hybridized carbons (Fsp3) is 0.259. The molecule has 0 aliphatic carbocycles. The molecule has 182 valence electrons. The lowest BCUT2D eigenvalue weighted by atomic mass is 10.2. The summed E-state index contributed by atoms with van der Waals surface area (Å²) in [4.78, 5) is 17.4. The maximum absolute atomic E-state index is 12.8. The van der Waals surface area contributed by atoms with Crippen LogP contribution in [-0.4, -0.2) is 38.3 Å². The summed E-state index contributed by atoms with van der Waals surface area (Å²) in [5.41, 5.74) is 2.94. The first kappa shape index (κ1) is 23.9. The number of hydrogen-bond donors (Lipinski definition) is 1. The maximum Gasteiger partial charge on any atom is 0.255 e. The molecule has 0 fully saturated rings. The van der Waals surface area contributed by atoms with Crippen molar-refractivity contribution < 1.29 is 28.2 Å². The van der Waals surface area contributed by atoms with E-state index in [9.17, 15) is 4.79 Å². The molecular formula is C27H28N2O6. The molecule has 1 aromatic heterocycles. The molecule has 3 aromatic carbocycles. The molecule has 1 unspecified atom stereocenters. The number of hydrogen-bond acceptors (Lipinski definition) is 7. The van der Waals surface area contributed by atoms with E-state index in [2.05, 4.69) is 10.3 Å². The molecule has 4 rings (SSSR count). The number of methoxy groups -OCH3 is 3. The summed E-state index contributed by atoms with van der Waals surface area (Å²) in [7, 11) is 4.65. The number of nitrogens with one attached hydrogen (secondary N) is 1. The number of rotatable bonds is 9. The second-order valence-electron chi connectivity index (χ2n) is 7.93. The number of oxazole rings is 1. The highest BCUT2D eigenvalue weighted by Crippen LogP contribution is 2.41. The van der Waals surface area contributed by atoms with E-state index in [4.69, 9.17) is 23.4 Å². The summed E-state index contributed by atoms with van der Waals surface area (Å²) in [6, 6.07) is 16.0. The van der Waals surface area contributed by atoms with Crippen LogP contribution in [0.2, 0.25) is 0 Å². The van der Waals surface area contributed by atoms with Gasteiger partial charge in [-0.2, -0.15) is 0 Å². The lowest BCUT2D eigenvalue weighted by Crippen LogP contribution is -2.13. The van der Waals surface area contributed by atoms with Gasteiger partial charge in [-0.3, -0.25) is 4.79 Å². The molecule has 0 spiro atoms. The number of nitrogens with zero attached hydrogens (tertiary/aromatic N) is 1. The van der Waals surface area contributed by atoms with Crippen molar-refractivity contribution in [1.29, 1.82) is 0 Å². The first-order valence-corrected chi connectivity index (χ1v) is 11.2. The topological polar surface area (TPSA) is 92.1 Å². The lowest BCUT2D eigenvalue weighted by molar-refractivity contribution is 0.102. The monoisotopic (exact) mass is 476 g/mol. The molecule has 0 saturated carbocycles. The molecule has 0 radical (unpaired) electrons. The minimum absolute atomic E-state index is 0.0720. The van der Waals surface area contributed by atoms with Gasteiger partial charge in [0, 0.05) is 16.8 Å². The highest BCUT2D eigenvalue weighted by molar-refractivity contribution is 6.05. The predicted octanol–water partition coefficient (Wildman–Crippen LogP) is 5.95. The highest BCUT2D eigenvalue weighted by atomic mass is 16.5. The molecule has 0 aliphatic rings. The average molecular weight is 477 g/mol. The van der Waals surface area contributed by atoms with Gasteiger partial charge in [-0.15, -0.1) is 0 Å². The third kappa shape index (κ3) is 5.16. The summed E-state index contributed by atoms with van der Waals surface area (Å²) >= 11 is 0. The van der Waals surface area contributed by atoms with Gasteiger partial charge in [0.15, 0.2) is 17.1 Å². The Balaban J connectivity index is 1.58. The lowest BCUT2D eigenvalue weighted by Gasteiger charge is -2.13. The van der Waals surface area contributed by atoms with Gasteiger partial charge in [0.1, 0.15) is 11.3 Å². The fourth-order valence-corrected chi connectivity index (χ4v) is 3.56. The molecule has 0 bridgehead atoms. The van der Waals surface area contributed by atoms with Crippen LogP contribution < -0.4 is 24.3 Å². The van der Waals surface area contributed by atoms with Crippen molar-refractivity contribution in [2.24, 2.45) is 0 Å². The van der Waals surface area contributed by atoms with Crippen molar-refractivity contribution in [2.45, 2.75) is 26.4 Å². The first-order valence-electron chi connectivity index (χ1n) is 11.2. The number of fused-ring (bicyclic) bond motifs is 1. The van der Waals surface area contributed by atoms with Gasteiger partial charge in [0.25, 0.3) is 5.91 Å². The highest BCUT2D eigenvalue weighted by Gasteiger charge is 2.18. The molecule has 35 heavy (non-hydrogen) atoms. The van der Waals surface area contributed by atoms with E-state index in [1.54, 1.807) is 69.9 Å². The largest absolute Gasteiger partial charge is 0.493 e. The molecule has 1 N–H and O–H groups in total. The number of carbonyl (C=O) groups excluding carboxylic acids is 1. The van der Waals surface area contributed by atoms with Crippen LogP contribution in [0, 0.1) is 0 Å². The Hall–Kier alpha value is -4.20. The third-order valence-electron chi connectivity index (χ3n) is 5.57. The van der Waals surface area contributed by atoms with Crippen LogP contribution in [0.15, 0.2) is 59.0 Å². The van der Waals surface area contributed by atoms with Gasteiger partial charge >= 0.3 is 0 Å². The Bertz CT molecular complexity index is 1320. The van der Waals surface area contributed by atoms with Crippen LogP contribution in [0.1, 0.15) is 30.6 Å². The quantitative estimate of drug-likeness (QED) is 0.319. The minimum atomic E-state index is -0.243. The zero-order valence-electron chi connectivity index (χ0n) is 20.4. The van der Waals surface area contributed by atoms with Crippen LogP contribution in [0.4, 0.5) is 5.69 Å². The van der Waals surface area contributed by atoms with Crippen molar-refractivity contribution in [3.05, 3.63) is 60.2 Å². The molecular weight excluding hydrogens is 448 g/mol. The van der Waals surface area contributed by atoms with Crippen LogP contribution in [0.5, 0.6) is 23.0 Å². The number of aromatic nitrogens is 1. The van der Waals surface area contributed by atoms with E-state index < -0.39 is 0 Å². The Morgan fingerprint density at radius 3 is 2.40 bits per heavy atom. The van der Waals surface area contributed by atoms with E-state index in [-0.39, 0.29) is 12.0 Å². The number of ether oxygens (including phenoxy) is 4. The summed E-state index contributed by atoms with van der Waals surface area (Å²) in [6.45, 7) is 4.04. The molecule has 1 amide bonds. The van der Waals surface area contributed by atoms with Crippen LogP contribution >= 0.6 is 0 Å². The smallest absolute Gasteiger partial charge is 0.255 e. The van der Waals surface area contributed by atoms with Gasteiger partial charge in [-0.1, -0.05) is 13.0 Å². The van der Waals surface area contributed by atoms with Crippen molar-refractivity contribution in [3.8, 4) is 34.5 Å². The van der Waals surface area contributed by atoms with Gasteiger partial charge in [0.2, 0.25) is 11.6 Å². The first-order chi connectivity index (χ1) is 16.9. The van der Waals surface area contributed by atoms with Crippen molar-refractivity contribution in [1.82, 2.24) is 4.98 Å². The van der Waals surface area contributed by atoms with Gasteiger partial charge in [0.05, 0.1) is 27.4 Å². The number of benzene rings is 3. The number of anilines is 1. The molecule has 0 saturated heterocycles. The zero-order chi connectivity index (χ0) is 24.9. The third-order valence-corrected chi connectivity index (χ3v) is 5.57. The SMILES string of the molecule is CCC(C)Oc1cccc(C(=O)Nc2ccc3oc(-c4cc(OC)c(OC)c(OC)c4)nc3c2)c1. The Kier molecular flexibility index (Phi) is 7.10. The second-order valence-corrected chi connectivity index (χ2v) is 7.93. The number of carbonyl (C=O) groups is 1. The molecule has 4 aromatic rings. The molecule has 0 aliphatic heterocycles. The predicted molar refractivity (Wildman–Crippen MR) is 134 cm³/mol. The zero-order valence-corrected chi connectivity index (χ0v) is 20.4. The standard InChI is InChI=1S/C27H28N2O6/c1-6-16(2)34-20-9-7-8-17(12-20)26(30)28-19-10-11-22-21(15-19)29-27(35-22)18-13-23(31-3)25(33-5)24(14-18)32-4/h7-16H,6H2,1-5H3,(H,28,30). The molecule has 1 heterocycles. The average Bonchev–Trinajstić information content (AvgIpc) is 3.31. The Labute approximate surface area is 203 Å².